The Morgan fingerprint density at radius 3 is 2.14 bits per heavy atom. The molecule has 0 saturated carbocycles. The van der Waals surface area contributed by atoms with E-state index < -0.39 is 5.41 Å². The van der Waals surface area contributed by atoms with E-state index in [4.69, 9.17) is 9.47 Å². The number of hydrogen-bond donors (Lipinski definition) is 4. The van der Waals surface area contributed by atoms with Crippen molar-refractivity contribution in [3.63, 3.8) is 0 Å². The molecule has 0 aliphatic rings. The maximum atomic E-state index is 12.4. The SMILES string of the molecule is CC(=O)NCCNC(=O)COC(C)CC(C)(C)C(=O)NCCOCCNC(C)C. The molecule has 0 heterocycles. The van der Waals surface area contributed by atoms with Gasteiger partial charge in [-0.3, -0.25) is 14.4 Å². The van der Waals surface area contributed by atoms with E-state index in [-0.39, 0.29) is 30.4 Å². The second-order valence-corrected chi connectivity index (χ2v) is 8.02. The van der Waals surface area contributed by atoms with Crippen molar-refractivity contribution in [3.05, 3.63) is 0 Å². The summed E-state index contributed by atoms with van der Waals surface area (Å²) in [5, 5.41) is 11.4. The third-order valence-corrected chi connectivity index (χ3v) is 4.06. The minimum absolute atomic E-state index is 0.0726. The molecule has 0 rings (SSSR count). The molecule has 0 aromatic carbocycles. The topological polar surface area (TPSA) is 118 Å². The minimum Gasteiger partial charge on any atom is -0.378 e. The number of carbonyl (C=O) groups is 3. The quantitative estimate of drug-likeness (QED) is 0.267. The summed E-state index contributed by atoms with van der Waals surface area (Å²) in [5.74, 6) is -0.468. The fourth-order valence-electron chi connectivity index (χ4n) is 2.58. The van der Waals surface area contributed by atoms with E-state index in [1.165, 1.54) is 6.92 Å². The summed E-state index contributed by atoms with van der Waals surface area (Å²) in [6.45, 7) is 14.1. The molecule has 4 N–H and O–H groups in total. The summed E-state index contributed by atoms with van der Waals surface area (Å²) in [4.78, 5) is 34.9. The van der Waals surface area contributed by atoms with Crippen LogP contribution in [0.25, 0.3) is 0 Å². The van der Waals surface area contributed by atoms with Crippen LogP contribution in [0.15, 0.2) is 0 Å². The fraction of sp³-hybridized carbons (Fsp3) is 0.850. The lowest BCUT2D eigenvalue weighted by molar-refractivity contribution is -0.133. The van der Waals surface area contributed by atoms with Crippen LogP contribution in [-0.2, 0) is 23.9 Å². The summed E-state index contributed by atoms with van der Waals surface area (Å²) in [5.41, 5.74) is -0.625. The zero-order valence-corrected chi connectivity index (χ0v) is 18.9. The lowest BCUT2D eigenvalue weighted by Crippen LogP contribution is -2.41. The molecule has 0 bridgehead atoms. The monoisotopic (exact) mass is 416 g/mol. The van der Waals surface area contributed by atoms with E-state index in [0.717, 1.165) is 6.54 Å². The lowest BCUT2D eigenvalue weighted by atomic mass is 9.86. The molecule has 9 heteroatoms. The van der Waals surface area contributed by atoms with E-state index >= 15 is 0 Å². The zero-order valence-electron chi connectivity index (χ0n) is 18.9. The first-order valence-electron chi connectivity index (χ1n) is 10.3. The van der Waals surface area contributed by atoms with Gasteiger partial charge in [-0.2, -0.15) is 0 Å². The molecule has 1 atom stereocenters. The number of ether oxygens (including phenoxy) is 2. The summed E-state index contributed by atoms with van der Waals surface area (Å²) < 4.78 is 11.0. The highest BCUT2D eigenvalue weighted by Gasteiger charge is 2.29. The van der Waals surface area contributed by atoms with Gasteiger partial charge in [0.25, 0.3) is 0 Å². The number of hydrogen-bond acceptors (Lipinski definition) is 6. The molecule has 3 amide bonds. The van der Waals surface area contributed by atoms with Crippen molar-refractivity contribution in [3.8, 4) is 0 Å². The highest BCUT2D eigenvalue weighted by atomic mass is 16.5. The predicted molar refractivity (Wildman–Crippen MR) is 112 cm³/mol. The number of nitrogens with one attached hydrogen (secondary N) is 4. The normalized spacial score (nSPS) is 12.5. The first-order chi connectivity index (χ1) is 13.5. The van der Waals surface area contributed by atoms with Crippen LogP contribution in [0.4, 0.5) is 0 Å². The molecular formula is C20H40N4O5. The van der Waals surface area contributed by atoms with Crippen molar-refractivity contribution in [1.82, 2.24) is 21.3 Å². The maximum absolute atomic E-state index is 12.4. The first kappa shape index (κ1) is 27.3. The summed E-state index contributed by atoms with van der Waals surface area (Å²) in [6.07, 6.45) is 0.229. The van der Waals surface area contributed by atoms with Crippen molar-refractivity contribution < 1.29 is 23.9 Å². The Kier molecular flexibility index (Phi) is 14.3. The van der Waals surface area contributed by atoms with Gasteiger partial charge in [-0.25, -0.2) is 0 Å². The van der Waals surface area contributed by atoms with Crippen LogP contribution in [-0.4, -0.2) is 75.9 Å². The Labute approximate surface area is 175 Å². The van der Waals surface area contributed by atoms with Gasteiger partial charge in [-0.05, 0) is 13.3 Å². The van der Waals surface area contributed by atoms with Crippen molar-refractivity contribution in [2.45, 2.75) is 60.1 Å². The fourth-order valence-corrected chi connectivity index (χ4v) is 2.58. The summed E-state index contributed by atoms with van der Waals surface area (Å²) >= 11 is 0. The van der Waals surface area contributed by atoms with Crippen LogP contribution in [0.5, 0.6) is 0 Å². The van der Waals surface area contributed by atoms with E-state index in [1.54, 1.807) is 0 Å². The molecule has 29 heavy (non-hydrogen) atoms. The van der Waals surface area contributed by atoms with Crippen LogP contribution >= 0.6 is 0 Å². The van der Waals surface area contributed by atoms with Gasteiger partial charge >= 0.3 is 0 Å². The zero-order chi connectivity index (χ0) is 22.3. The Bertz CT molecular complexity index is 497. The average molecular weight is 417 g/mol. The molecule has 0 aliphatic carbocycles. The van der Waals surface area contributed by atoms with Crippen LogP contribution in [0.2, 0.25) is 0 Å². The largest absolute Gasteiger partial charge is 0.378 e. The lowest BCUT2D eigenvalue weighted by Gasteiger charge is -2.27. The van der Waals surface area contributed by atoms with Crippen molar-refractivity contribution in [2.24, 2.45) is 5.41 Å². The van der Waals surface area contributed by atoms with Crippen molar-refractivity contribution >= 4 is 17.7 Å². The van der Waals surface area contributed by atoms with Gasteiger partial charge in [0.1, 0.15) is 6.61 Å². The average Bonchev–Trinajstić information content (AvgIpc) is 2.61. The number of carbonyl (C=O) groups excluding carboxylic acids is 3. The Morgan fingerprint density at radius 1 is 0.897 bits per heavy atom. The van der Waals surface area contributed by atoms with Gasteiger partial charge in [-0.15, -0.1) is 0 Å². The van der Waals surface area contributed by atoms with Gasteiger partial charge in [0.05, 0.1) is 19.3 Å². The van der Waals surface area contributed by atoms with Gasteiger partial charge in [0.2, 0.25) is 17.7 Å². The second-order valence-electron chi connectivity index (χ2n) is 8.02. The number of rotatable bonds is 16. The summed E-state index contributed by atoms with van der Waals surface area (Å²) in [7, 11) is 0. The molecule has 0 saturated heterocycles. The minimum atomic E-state index is -0.625. The standard InChI is InChI=1S/C20H40N4O5/c1-15(2)21-9-11-28-12-10-24-19(27)20(5,6)13-16(3)29-14-18(26)23-8-7-22-17(4)25/h15-16,21H,7-14H2,1-6H3,(H,22,25)(H,23,26)(H,24,27). The van der Waals surface area contributed by atoms with E-state index in [1.807, 2.05) is 20.8 Å². The smallest absolute Gasteiger partial charge is 0.246 e. The van der Waals surface area contributed by atoms with Gasteiger partial charge in [-0.1, -0.05) is 27.7 Å². The van der Waals surface area contributed by atoms with Crippen molar-refractivity contribution in [2.75, 3.05) is 46.0 Å². The molecular weight excluding hydrogens is 376 g/mol. The molecule has 0 aromatic rings. The molecule has 0 fully saturated rings. The molecule has 9 nitrogen and oxygen atoms in total. The third-order valence-electron chi connectivity index (χ3n) is 4.06. The molecule has 170 valence electrons. The van der Waals surface area contributed by atoms with E-state index in [9.17, 15) is 14.4 Å². The van der Waals surface area contributed by atoms with E-state index in [0.29, 0.717) is 45.3 Å². The molecule has 0 spiro atoms. The highest BCUT2D eigenvalue weighted by Crippen LogP contribution is 2.23. The summed E-state index contributed by atoms with van der Waals surface area (Å²) in [6, 6.07) is 0.429. The predicted octanol–water partition coefficient (Wildman–Crippen LogP) is 0.191. The van der Waals surface area contributed by atoms with Crippen LogP contribution in [0.3, 0.4) is 0 Å². The highest BCUT2D eigenvalue weighted by molar-refractivity contribution is 5.81. The van der Waals surface area contributed by atoms with Gasteiger partial charge < -0.3 is 30.7 Å². The van der Waals surface area contributed by atoms with Gasteiger partial charge in [0.15, 0.2) is 0 Å². The van der Waals surface area contributed by atoms with Crippen molar-refractivity contribution in [1.29, 1.82) is 0 Å². The Morgan fingerprint density at radius 2 is 1.52 bits per heavy atom. The Hall–Kier alpha value is -1.71. The molecule has 1 unspecified atom stereocenters. The van der Waals surface area contributed by atoms with E-state index in [2.05, 4.69) is 35.1 Å². The maximum Gasteiger partial charge on any atom is 0.246 e. The second kappa shape index (κ2) is 15.2. The molecule has 0 aliphatic heterocycles. The first-order valence-corrected chi connectivity index (χ1v) is 10.3. The molecule has 0 aromatic heterocycles. The van der Waals surface area contributed by atoms with Gasteiger partial charge in [0, 0.05) is 44.6 Å². The number of amides is 3. The Balaban J connectivity index is 3.95. The third kappa shape index (κ3) is 15.8. The van der Waals surface area contributed by atoms with Crippen LogP contribution < -0.4 is 21.3 Å². The van der Waals surface area contributed by atoms with Crippen LogP contribution in [0.1, 0.15) is 48.0 Å². The van der Waals surface area contributed by atoms with Crippen LogP contribution in [0, 0.1) is 5.41 Å². The molecule has 0 radical (unpaired) electrons.